The molecule has 3 aromatic carbocycles. The van der Waals surface area contributed by atoms with Crippen molar-refractivity contribution in [3.8, 4) is 11.5 Å². The van der Waals surface area contributed by atoms with Crippen molar-refractivity contribution in [2.75, 3.05) is 19.8 Å². The second-order valence-corrected chi connectivity index (χ2v) is 9.05. The molecule has 0 aliphatic heterocycles. The highest BCUT2D eigenvalue weighted by atomic mass is 19.4. The maximum atomic E-state index is 12.9. The number of hydrogen-bond donors (Lipinski definition) is 3. The molecule has 0 aliphatic rings. The van der Waals surface area contributed by atoms with Crippen LogP contribution in [0.3, 0.4) is 0 Å². The number of carbonyl (C=O) groups is 2. The Morgan fingerprint density at radius 3 is 2.27 bits per heavy atom. The molecule has 0 atom stereocenters. The van der Waals surface area contributed by atoms with Crippen LogP contribution in [0.4, 0.5) is 13.2 Å². The Bertz CT molecular complexity index is 1300. The normalized spacial score (nSPS) is 11.7. The van der Waals surface area contributed by atoms with Gasteiger partial charge < -0.3 is 25.2 Å². The van der Waals surface area contributed by atoms with E-state index in [-0.39, 0.29) is 43.5 Å². The molecule has 212 valence electrons. The third-order valence-corrected chi connectivity index (χ3v) is 5.48. The number of alkyl halides is 3. The van der Waals surface area contributed by atoms with Crippen LogP contribution in [0.25, 0.3) is 6.08 Å². The number of benzene rings is 3. The monoisotopic (exact) mass is 556 g/mol. The molecule has 0 fully saturated rings. The van der Waals surface area contributed by atoms with Gasteiger partial charge in [0.1, 0.15) is 17.2 Å². The van der Waals surface area contributed by atoms with E-state index in [1.807, 2.05) is 13.8 Å². The maximum Gasteiger partial charge on any atom is 0.416 e. The van der Waals surface area contributed by atoms with E-state index in [4.69, 9.17) is 14.6 Å². The van der Waals surface area contributed by atoms with Gasteiger partial charge in [-0.1, -0.05) is 30.3 Å². The molecule has 0 spiro atoms. The number of ether oxygens (including phenoxy) is 2. The highest BCUT2D eigenvalue weighted by molar-refractivity contribution is 6.05. The summed E-state index contributed by atoms with van der Waals surface area (Å²) in [6.45, 7) is 3.72. The zero-order chi connectivity index (χ0) is 29.1. The summed E-state index contributed by atoms with van der Waals surface area (Å²) < 4.78 is 49.9. The first kappa shape index (κ1) is 30.2. The first-order chi connectivity index (χ1) is 19.0. The molecule has 40 heavy (non-hydrogen) atoms. The van der Waals surface area contributed by atoms with Crippen molar-refractivity contribution in [1.82, 2.24) is 10.6 Å². The molecule has 0 saturated carbocycles. The lowest BCUT2D eigenvalue weighted by molar-refractivity contribution is -0.137. The number of halogens is 3. The van der Waals surface area contributed by atoms with Crippen molar-refractivity contribution in [3.05, 3.63) is 101 Å². The molecule has 2 amide bonds. The topological polar surface area (TPSA) is 96.9 Å². The zero-order valence-corrected chi connectivity index (χ0v) is 22.1. The quantitative estimate of drug-likeness (QED) is 0.273. The molecular formula is C30H31F3N2O5. The fourth-order valence-electron chi connectivity index (χ4n) is 3.59. The van der Waals surface area contributed by atoms with Gasteiger partial charge >= 0.3 is 6.18 Å². The molecule has 0 bridgehead atoms. The van der Waals surface area contributed by atoms with Crippen molar-refractivity contribution in [3.63, 3.8) is 0 Å². The van der Waals surface area contributed by atoms with Gasteiger partial charge in [-0.15, -0.1) is 0 Å². The van der Waals surface area contributed by atoms with Crippen molar-refractivity contribution in [2.45, 2.75) is 32.5 Å². The predicted octanol–water partition coefficient (Wildman–Crippen LogP) is 4.99. The van der Waals surface area contributed by atoms with E-state index in [9.17, 15) is 22.8 Å². The smallest absolute Gasteiger partial charge is 0.416 e. The summed E-state index contributed by atoms with van der Waals surface area (Å²) in [5.41, 5.74) is 0.668. The summed E-state index contributed by atoms with van der Waals surface area (Å²) in [6.07, 6.45) is -2.62. The Labute approximate surface area is 230 Å². The standard InChI is InChI=1S/C30H31F3N2O5/c1-20(2)40-26-10-6-22(7-11-26)19-27(29(38)34-15-16-36)35-28(37)23-8-12-25(13-9-23)39-17-14-21-4-3-5-24(18-21)30(31,32)33/h3-13,18-20,36H,14-17H2,1-2H3,(H,34,38)(H,35,37). The van der Waals surface area contributed by atoms with Gasteiger partial charge in [-0.25, -0.2) is 0 Å². The van der Waals surface area contributed by atoms with Crippen LogP contribution >= 0.6 is 0 Å². The summed E-state index contributed by atoms with van der Waals surface area (Å²) in [5, 5.41) is 14.2. The summed E-state index contributed by atoms with van der Waals surface area (Å²) >= 11 is 0. The number of aliphatic hydroxyl groups is 1. The van der Waals surface area contributed by atoms with Gasteiger partial charge in [0.05, 0.1) is 24.9 Å². The van der Waals surface area contributed by atoms with Crippen LogP contribution in [0, 0.1) is 0 Å². The van der Waals surface area contributed by atoms with Crippen LogP contribution in [-0.2, 0) is 17.4 Å². The lowest BCUT2D eigenvalue weighted by Crippen LogP contribution is -2.36. The van der Waals surface area contributed by atoms with E-state index in [0.717, 1.165) is 12.1 Å². The van der Waals surface area contributed by atoms with Crippen LogP contribution in [0.5, 0.6) is 11.5 Å². The number of nitrogens with one attached hydrogen (secondary N) is 2. The zero-order valence-electron chi connectivity index (χ0n) is 22.1. The summed E-state index contributed by atoms with van der Waals surface area (Å²) in [4.78, 5) is 25.5. The third kappa shape index (κ3) is 9.46. The summed E-state index contributed by atoms with van der Waals surface area (Å²) in [7, 11) is 0. The van der Waals surface area contributed by atoms with E-state index in [2.05, 4.69) is 10.6 Å². The van der Waals surface area contributed by atoms with Crippen molar-refractivity contribution in [2.24, 2.45) is 0 Å². The minimum atomic E-state index is -4.41. The molecule has 3 rings (SSSR count). The van der Waals surface area contributed by atoms with Gasteiger partial charge in [-0.3, -0.25) is 9.59 Å². The van der Waals surface area contributed by atoms with E-state index in [1.54, 1.807) is 42.5 Å². The average Bonchev–Trinajstić information content (AvgIpc) is 2.92. The summed E-state index contributed by atoms with van der Waals surface area (Å²) in [5.74, 6) is -0.0107. The van der Waals surface area contributed by atoms with E-state index < -0.39 is 23.6 Å². The molecule has 0 radical (unpaired) electrons. The number of hydrogen-bond acceptors (Lipinski definition) is 5. The van der Waals surface area contributed by atoms with Crippen molar-refractivity contribution >= 4 is 17.9 Å². The number of carbonyl (C=O) groups excluding carboxylic acids is 2. The summed E-state index contributed by atoms with van der Waals surface area (Å²) in [6, 6.07) is 18.2. The van der Waals surface area contributed by atoms with Crippen LogP contribution < -0.4 is 20.1 Å². The Morgan fingerprint density at radius 2 is 1.65 bits per heavy atom. The highest BCUT2D eigenvalue weighted by Gasteiger charge is 2.30. The number of amides is 2. The number of rotatable bonds is 12. The Balaban J connectivity index is 1.64. The van der Waals surface area contributed by atoms with Crippen LogP contribution in [0.15, 0.2) is 78.5 Å². The minimum Gasteiger partial charge on any atom is -0.493 e. The van der Waals surface area contributed by atoms with E-state index >= 15 is 0 Å². The third-order valence-electron chi connectivity index (χ3n) is 5.48. The molecular weight excluding hydrogens is 525 g/mol. The average molecular weight is 557 g/mol. The largest absolute Gasteiger partial charge is 0.493 e. The van der Waals surface area contributed by atoms with Gasteiger partial charge in [-0.2, -0.15) is 13.2 Å². The van der Waals surface area contributed by atoms with Gasteiger partial charge in [0.2, 0.25) is 0 Å². The fraction of sp³-hybridized carbons (Fsp3) is 0.267. The van der Waals surface area contributed by atoms with Crippen LogP contribution in [0.1, 0.15) is 40.9 Å². The van der Waals surface area contributed by atoms with E-state index in [1.165, 1.54) is 24.3 Å². The van der Waals surface area contributed by atoms with Crippen molar-refractivity contribution < 1.29 is 37.3 Å². The Kier molecular flexibility index (Phi) is 10.7. The number of aliphatic hydroxyl groups excluding tert-OH is 1. The highest BCUT2D eigenvalue weighted by Crippen LogP contribution is 2.29. The molecule has 7 nitrogen and oxygen atoms in total. The molecule has 0 aliphatic carbocycles. The molecule has 10 heteroatoms. The van der Waals surface area contributed by atoms with Crippen LogP contribution in [0.2, 0.25) is 0 Å². The van der Waals surface area contributed by atoms with Gasteiger partial charge in [0, 0.05) is 18.5 Å². The lowest BCUT2D eigenvalue weighted by atomic mass is 10.1. The maximum absolute atomic E-state index is 12.9. The second-order valence-electron chi connectivity index (χ2n) is 9.05. The SMILES string of the molecule is CC(C)Oc1ccc(C=C(NC(=O)c2ccc(OCCc3cccc(C(F)(F)F)c3)cc2)C(=O)NCCO)cc1. The molecule has 0 aromatic heterocycles. The molecule has 3 aromatic rings. The van der Waals surface area contributed by atoms with Gasteiger partial charge in [0.15, 0.2) is 0 Å². The fourth-order valence-corrected chi connectivity index (χ4v) is 3.59. The second kappa shape index (κ2) is 14.2. The van der Waals surface area contributed by atoms with Gasteiger partial charge in [-0.05, 0) is 73.5 Å². The Hall–Kier alpha value is -4.31. The molecule has 0 heterocycles. The lowest BCUT2D eigenvalue weighted by Gasteiger charge is -2.12. The predicted molar refractivity (Wildman–Crippen MR) is 145 cm³/mol. The molecule has 0 saturated heterocycles. The van der Waals surface area contributed by atoms with Gasteiger partial charge in [0.25, 0.3) is 11.8 Å². The van der Waals surface area contributed by atoms with E-state index in [0.29, 0.717) is 22.6 Å². The first-order valence-electron chi connectivity index (χ1n) is 12.6. The first-order valence-corrected chi connectivity index (χ1v) is 12.6. The van der Waals surface area contributed by atoms with Crippen LogP contribution in [-0.4, -0.2) is 42.8 Å². The Morgan fingerprint density at radius 1 is 0.975 bits per heavy atom. The van der Waals surface area contributed by atoms with Crippen molar-refractivity contribution in [1.29, 1.82) is 0 Å². The minimum absolute atomic E-state index is 0.00706. The molecule has 0 unspecified atom stereocenters. The molecule has 3 N–H and O–H groups in total.